The maximum Gasteiger partial charge on any atom is 0.268 e. The number of methoxy groups -OCH3 is 1. The van der Waals surface area contributed by atoms with E-state index in [9.17, 15) is 9.59 Å². The van der Waals surface area contributed by atoms with E-state index in [0.29, 0.717) is 16.8 Å². The van der Waals surface area contributed by atoms with Crippen LogP contribution in [0.25, 0.3) is 21.9 Å². The van der Waals surface area contributed by atoms with Gasteiger partial charge in [0.25, 0.3) is 11.5 Å². The molecule has 32 heavy (non-hydrogen) atoms. The van der Waals surface area contributed by atoms with Gasteiger partial charge in [0.1, 0.15) is 11.4 Å². The SMILES string of the molecule is COc1ccccc1CNC(=O)c1c(-c2ccccc2)c2cc(C)c(C)cc2c(=O)n1C. The second kappa shape index (κ2) is 8.71. The van der Waals surface area contributed by atoms with Crippen molar-refractivity contribution in [1.82, 2.24) is 9.88 Å². The summed E-state index contributed by atoms with van der Waals surface area (Å²) >= 11 is 0. The van der Waals surface area contributed by atoms with Crippen LogP contribution >= 0.6 is 0 Å². The molecule has 0 aliphatic rings. The van der Waals surface area contributed by atoms with Gasteiger partial charge >= 0.3 is 0 Å². The van der Waals surface area contributed by atoms with Gasteiger partial charge in [0.05, 0.1) is 7.11 Å². The molecule has 5 nitrogen and oxygen atoms in total. The average Bonchev–Trinajstić information content (AvgIpc) is 2.81. The van der Waals surface area contributed by atoms with Crippen molar-refractivity contribution >= 4 is 16.7 Å². The molecule has 1 heterocycles. The van der Waals surface area contributed by atoms with Crippen molar-refractivity contribution in [3.8, 4) is 16.9 Å². The molecule has 1 N–H and O–H groups in total. The van der Waals surface area contributed by atoms with Crippen LogP contribution in [0.3, 0.4) is 0 Å². The molecule has 0 unspecified atom stereocenters. The summed E-state index contributed by atoms with van der Waals surface area (Å²) in [5.41, 5.74) is 4.77. The largest absolute Gasteiger partial charge is 0.496 e. The minimum Gasteiger partial charge on any atom is -0.496 e. The van der Waals surface area contributed by atoms with E-state index in [1.54, 1.807) is 14.2 Å². The Hall–Kier alpha value is -3.86. The molecule has 0 fully saturated rings. The topological polar surface area (TPSA) is 60.3 Å². The van der Waals surface area contributed by atoms with Crippen LogP contribution in [-0.4, -0.2) is 17.6 Å². The van der Waals surface area contributed by atoms with Crippen LogP contribution in [-0.2, 0) is 13.6 Å². The highest BCUT2D eigenvalue weighted by atomic mass is 16.5. The number of fused-ring (bicyclic) bond motifs is 1. The van der Waals surface area contributed by atoms with Gasteiger partial charge in [-0.2, -0.15) is 0 Å². The van der Waals surface area contributed by atoms with Crippen LogP contribution in [0.4, 0.5) is 0 Å². The van der Waals surface area contributed by atoms with Crippen LogP contribution < -0.4 is 15.6 Å². The summed E-state index contributed by atoms with van der Waals surface area (Å²) < 4.78 is 6.85. The van der Waals surface area contributed by atoms with Gasteiger partial charge in [0, 0.05) is 30.1 Å². The molecule has 0 bridgehead atoms. The predicted molar refractivity (Wildman–Crippen MR) is 128 cm³/mol. The highest BCUT2D eigenvalue weighted by Crippen LogP contribution is 2.32. The monoisotopic (exact) mass is 426 g/mol. The summed E-state index contributed by atoms with van der Waals surface area (Å²) in [7, 11) is 3.26. The number of aryl methyl sites for hydroxylation is 2. The number of hydrogen-bond acceptors (Lipinski definition) is 3. The molecular weight excluding hydrogens is 400 g/mol. The minimum absolute atomic E-state index is 0.190. The molecular formula is C27H26N2O3. The van der Waals surface area contributed by atoms with Gasteiger partial charge in [-0.3, -0.25) is 9.59 Å². The summed E-state index contributed by atoms with van der Waals surface area (Å²) in [6, 6.07) is 21.2. The van der Waals surface area contributed by atoms with Gasteiger partial charge in [0.2, 0.25) is 0 Å². The van der Waals surface area contributed by atoms with Crippen molar-refractivity contribution in [3.63, 3.8) is 0 Å². The Kier molecular flexibility index (Phi) is 5.82. The number of pyridine rings is 1. The third-order valence-corrected chi connectivity index (χ3v) is 5.92. The van der Waals surface area contributed by atoms with Crippen molar-refractivity contribution in [2.24, 2.45) is 7.05 Å². The second-order valence-electron chi connectivity index (χ2n) is 7.93. The highest BCUT2D eigenvalue weighted by molar-refractivity contribution is 6.08. The Bertz CT molecular complexity index is 1370. The lowest BCUT2D eigenvalue weighted by molar-refractivity contribution is 0.0942. The third-order valence-electron chi connectivity index (χ3n) is 5.92. The zero-order valence-electron chi connectivity index (χ0n) is 18.7. The first-order valence-electron chi connectivity index (χ1n) is 10.5. The molecule has 4 rings (SSSR count). The van der Waals surface area contributed by atoms with E-state index < -0.39 is 0 Å². The van der Waals surface area contributed by atoms with E-state index in [1.807, 2.05) is 80.6 Å². The minimum atomic E-state index is -0.311. The number of nitrogens with zero attached hydrogens (tertiary/aromatic N) is 1. The summed E-state index contributed by atoms with van der Waals surface area (Å²) in [6.07, 6.45) is 0. The summed E-state index contributed by atoms with van der Waals surface area (Å²) in [4.78, 5) is 26.7. The standard InChI is InChI=1S/C27H26N2O3/c1-17-14-21-22(15-18(17)2)27(31)29(3)25(24(21)19-10-6-5-7-11-19)26(30)28-16-20-12-8-9-13-23(20)32-4/h5-15H,16H2,1-4H3,(H,28,30). The molecule has 5 heteroatoms. The Morgan fingerprint density at radius 3 is 2.25 bits per heavy atom. The fourth-order valence-electron chi connectivity index (χ4n) is 4.05. The summed E-state index contributed by atoms with van der Waals surface area (Å²) in [5.74, 6) is 0.393. The number of aromatic nitrogens is 1. The molecule has 3 aromatic carbocycles. The van der Waals surface area contributed by atoms with Crippen molar-refractivity contribution in [2.45, 2.75) is 20.4 Å². The molecule has 0 aliphatic carbocycles. The van der Waals surface area contributed by atoms with Crippen molar-refractivity contribution in [2.75, 3.05) is 7.11 Å². The first-order valence-corrected chi connectivity index (χ1v) is 10.5. The lowest BCUT2D eigenvalue weighted by atomic mass is 9.93. The Morgan fingerprint density at radius 2 is 1.56 bits per heavy atom. The van der Waals surface area contributed by atoms with Crippen LogP contribution in [0.15, 0.2) is 71.5 Å². The number of carbonyl (C=O) groups is 1. The number of benzene rings is 3. The molecule has 0 saturated heterocycles. The van der Waals surface area contributed by atoms with Crippen molar-refractivity contribution in [3.05, 3.63) is 99.5 Å². The highest BCUT2D eigenvalue weighted by Gasteiger charge is 2.22. The fraction of sp³-hybridized carbons (Fsp3) is 0.185. The van der Waals surface area contributed by atoms with E-state index in [-0.39, 0.29) is 18.0 Å². The predicted octanol–water partition coefficient (Wildman–Crippen LogP) is 4.76. The number of amides is 1. The summed E-state index contributed by atoms with van der Waals surface area (Å²) in [5, 5.41) is 4.37. The maximum absolute atomic E-state index is 13.5. The maximum atomic E-state index is 13.5. The number of hydrogen-bond donors (Lipinski definition) is 1. The number of rotatable bonds is 5. The zero-order chi connectivity index (χ0) is 22.8. The third kappa shape index (κ3) is 3.78. The Balaban J connectivity index is 1.90. The van der Waals surface area contributed by atoms with E-state index in [0.717, 1.165) is 33.2 Å². The molecule has 1 amide bonds. The second-order valence-corrected chi connectivity index (χ2v) is 7.93. The first-order chi connectivity index (χ1) is 15.4. The molecule has 0 saturated carbocycles. The molecule has 162 valence electrons. The lowest BCUT2D eigenvalue weighted by Gasteiger charge is -2.18. The van der Waals surface area contributed by atoms with Crippen molar-refractivity contribution in [1.29, 1.82) is 0 Å². The van der Waals surface area contributed by atoms with E-state index in [1.165, 1.54) is 4.57 Å². The number of carbonyl (C=O) groups excluding carboxylic acids is 1. The molecule has 0 aliphatic heterocycles. The fourth-order valence-corrected chi connectivity index (χ4v) is 4.05. The van der Waals surface area contributed by atoms with Gasteiger partial charge in [-0.05, 0) is 48.1 Å². The molecule has 0 radical (unpaired) electrons. The number of para-hydroxylation sites is 1. The van der Waals surface area contributed by atoms with Gasteiger partial charge in [0.15, 0.2) is 0 Å². The molecule has 0 atom stereocenters. The van der Waals surface area contributed by atoms with E-state index >= 15 is 0 Å². The zero-order valence-corrected chi connectivity index (χ0v) is 18.7. The van der Waals surface area contributed by atoms with Gasteiger partial charge in [-0.1, -0.05) is 54.6 Å². The lowest BCUT2D eigenvalue weighted by Crippen LogP contribution is -2.32. The smallest absolute Gasteiger partial charge is 0.268 e. The Morgan fingerprint density at radius 1 is 0.938 bits per heavy atom. The van der Waals surface area contributed by atoms with Crippen LogP contribution in [0.2, 0.25) is 0 Å². The average molecular weight is 427 g/mol. The van der Waals surface area contributed by atoms with Crippen LogP contribution in [0.1, 0.15) is 27.2 Å². The van der Waals surface area contributed by atoms with E-state index in [2.05, 4.69) is 5.32 Å². The normalized spacial score (nSPS) is 10.9. The molecule has 4 aromatic rings. The van der Waals surface area contributed by atoms with Gasteiger partial charge in [-0.15, -0.1) is 0 Å². The molecule has 1 aromatic heterocycles. The van der Waals surface area contributed by atoms with Gasteiger partial charge < -0.3 is 14.6 Å². The Labute approximate surface area is 187 Å². The van der Waals surface area contributed by atoms with Crippen molar-refractivity contribution < 1.29 is 9.53 Å². The van der Waals surface area contributed by atoms with Crippen LogP contribution in [0.5, 0.6) is 5.75 Å². The first kappa shape index (κ1) is 21.4. The number of ether oxygens (including phenoxy) is 1. The molecule has 0 spiro atoms. The summed E-state index contributed by atoms with van der Waals surface area (Å²) in [6.45, 7) is 4.29. The number of nitrogens with one attached hydrogen (secondary N) is 1. The van der Waals surface area contributed by atoms with E-state index in [4.69, 9.17) is 4.74 Å². The van der Waals surface area contributed by atoms with Gasteiger partial charge in [-0.25, -0.2) is 0 Å². The quantitative estimate of drug-likeness (QED) is 0.501. The van der Waals surface area contributed by atoms with Crippen LogP contribution in [0, 0.1) is 13.8 Å².